The molecule has 4 heterocycles. The Labute approximate surface area is 200 Å². The van der Waals surface area contributed by atoms with Crippen LogP contribution in [-0.4, -0.2) is 55.4 Å². The molecule has 3 aliphatic heterocycles. The van der Waals surface area contributed by atoms with Gasteiger partial charge in [-0.15, -0.1) is 0 Å². The maximum absolute atomic E-state index is 14.8. The van der Waals surface area contributed by atoms with Gasteiger partial charge in [0.1, 0.15) is 5.82 Å². The van der Waals surface area contributed by atoms with E-state index in [0.29, 0.717) is 51.3 Å². The van der Waals surface area contributed by atoms with Crippen LogP contribution in [0.4, 0.5) is 14.7 Å². The number of amides is 2. The maximum Gasteiger partial charge on any atom is 0.256 e. The van der Waals surface area contributed by atoms with Gasteiger partial charge in [0, 0.05) is 62.1 Å². The number of hydrogen-bond donors (Lipinski definition) is 1. The molecule has 35 heavy (non-hydrogen) atoms. The number of piperazine rings is 1. The third kappa shape index (κ3) is 3.84. The highest BCUT2D eigenvalue weighted by molar-refractivity contribution is 6.07. The lowest BCUT2D eigenvalue weighted by molar-refractivity contribution is -0.116. The second-order valence-electron chi connectivity index (χ2n) is 9.37. The second kappa shape index (κ2) is 8.48. The molecule has 1 fully saturated rings. The molecule has 4 aliphatic rings. The predicted octanol–water partition coefficient (Wildman–Crippen LogP) is 3.57. The van der Waals surface area contributed by atoms with Crippen LogP contribution in [0.1, 0.15) is 34.7 Å². The third-order valence-corrected chi connectivity index (χ3v) is 7.35. The number of nitrogens with zero attached hydrogens (tertiary/aromatic N) is 3. The Morgan fingerprint density at radius 3 is 2.71 bits per heavy atom. The summed E-state index contributed by atoms with van der Waals surface area (Å²) in [6.07, 6.45) is 4.03. The van der Waals surface area contributed by atoms with E-state index in [1.165, 1.54) is 12.1 Å². The smallest absolute Gasteiger partial charge is 0.256 e. The lowest BCUT2D eigenvalue weighted by atomic mass is 9.75. The Balaban J connectivity index is 1.22. The predicted molar refractivity (Wildman–Crippen MR) is 125 cm³/mol. The van der Waals surface area contributed by atoms with Crippen molar-refractivity contribution >= 4 is 23.7 Å². The number of rotatable bonds is 3. The average Bonchev–Trinajstić information content (AvgIpc) is 3.47. The van der Waals surface area contributed by atoms with E-state index in [0.717, 1.165) is 17.0 Å². The molecule has 0 radical (unpaired) electrons. The van der Waals surface area contributed by atoms with Gasteiger partial charge in [0.15, 0.2) is 5.88 Å². The number of halogens is 2. The fourth-order valence-corrected chi connectivity index (χ4v) is 5.59. The number of allylic oxidation sites excluding steroid dienone is 2. The molecule has 1 saturated heterocycles. The first kappa shape index (κ1) is 21.8. The molecule has 1 aromatic heterocycles. The number of nitrogens with one attached hydrogen (secondary N) is 1. The summed E-state index contributed by atoms with van der Waals surface area (Å²) in [6.45, 7) is 2.53. The van der Waals surface area contributed by atoms with E-state index in [1.54, 1.807) is 23.3 Å². The minimum atomic E-state index is -0.624. The Morgan fingerprint density at radius 2 is 1.94 bits per heavy atom. The minimum Gasteiger partial charge on any atom is -0.449 e. The van der Waals surface area contributed by atoms with E-state index < -0.39 is 11.8 Å². The van der Waals surface area contributed by atoms with Crippen molar-refractivity contribution in [2.45, 2.75) is 18.8 Å². The molecule has 0 bridgehead atoms. The monoisotopic (exact) mass is 478 g/mol. The first-order chi connectivity index (χ1) is 17.0. The van der Waals surface area contributed by atoms with Crippen LogP contribution >= 0.6 is 0 Å². The van der Waals surface area contributed by atoms with E-state index in [9.17, 15) is 18.4 Å². The highest BCUT2D eigenvalue weighted by Crippen LogP contribution is 2.46. The number of benzene rings is 1. The van der Waals surface area contributed by atoms with E-state index in [4.69, 9.17) is 4.42 Å². The molecule has 1 aromatic carbocycles. The Kier molecular flexibility index (Phi) is 5.27. The van der Waals surface area contributed by atoms with Crippen LogP contribution in [0.5, 0.6) is 0 Å². The van der Waals surface area contributed by atoms with Crippen LogP contribution < -0.4 is 10.2 Å². The fraction of sp³-hybridized carbons (Fsp3) is 0.346. The maximum atomic E-state index is 14.8. The molecule has 2 atom stereocenters. The minimum absolute atomic E-state index is 0.0459. The van der Waals surface area contributed by atoms with E-state index in [2.05, 4.69) is 15.2 Å². The van der Waals surface area contributed by atoms with Crippen molar-refractivity contribution in [2.24, 2.45) is 10.9 Å². The molecule has 2 amide bonds. The molecule has 2 aromatic rings. The van der Waals surface area contributed by atoms with Crippen molar-refractivity contribution in [3.63, 3.8) is 0 Å². The van der Waals surface area contributed by atoms with Gasteiger partial charge >= 0.3 is 0 Å². The van der Waals surface area contributed by atoms with Crippen LogP contribution in [0.15, 0.2) is 68.9 Å². The molecular weight excluding hydrogens is 454 g/mol. The molecule has 6 rings (SSSR count). The standard InChI is InChI=1S/C26H24F2N4O3/c27-20-4-3-15(11-18(20)26(34)32-7-5-31(6-8-32)23-2-1-9-35-23)16-10-17-14-29-22(33)13-19-24(17)21(12-16)30-25(19)28/h1-4,9,11,13,16-17H,5-8,10,12,14H2,(H,29,33). The zero-order valence-corrected chi connectivity index (χ0v) is 19.0. The molecule has 1 N–H and O–H groups in total. The summed E-state index contributed by atoms with van der Waals surface area (Å²) in [6, 6.07) is 8.37. The van der Waals surface area contributed by atoms with E-state index in [1.807, 2.05) is 12.1 Å². The van der Waals surface area contributed by atoms with Crippen LogP contribution in [0.3, 0.4) is 0 Å². The quantitative estimate of drug-likeness (QED) is 0.732. The zero-order chi connectivity index (χ0) is 24.1. The molecule has 2 unspecified atom stereocenters. The number of aliphatic imine (C=N–C) groups is 1. The van der Waals surface area contributed by atoms with Gasteiger partial charge in [-0.3, -0.25) is 9.59 Å². The zero-order valence-electron chi connectivity index (χ0n) is 19.0. The lowest BCUT2D eigenvalue weighted by Gasteiger charge is -2.35. The number of carbonyl (C=O) groups excluding carboxylic acids is 2. The molecule has 7 nitrogen and oxygen atoms in total. The van der Waals surface area contributed by atoms with Crippen molar-refractivity contribution in [2.75, 3.05) is 37.6 Å². The molecule has 0 spiro atoms. The van der Waals surface area contributed by atoms with Gasteiger partial charge in [-0.1, -0.05) is 6.07 Å². The van der Waals surface area contributed by atoms with Crippen LogP contribution in [0.2, 0.25) is 0 Å². The van der Waals surface area contributed by atoms with Crippen molar-refractivity contribution in [1.29, 1.82) is 0 Å². The van der Waals surface area contributed by atoms with Crippen molar-refractivity contribution in [3.05, 3.63) is 76.5 Å². The van der Waals surface area contributed by atoms with Crippen molar-refractivity contribution < 1.29 is 22.8 Å². The SMILES string of the molecule is O=C1C=C2C(F)=NC3=C2C(CN1)CC(c1ccc(F)c(C(=O)N2CCN(c4ccco4)CC2)c1)C3. The van der Waals surface area contributed by atoms with Gasteiger partial charge in [-0.2, -0.15) is 4.39 Å². The fourth-order valence-electron chi connectivity index (χ4n) is 5.59. The van der Waals surface area contributed by atoms with Gasteiger partial charge in [0.25, 0.3) is 5.91 Å². The Bertz CT molecular complexity index is 1290. The summed E-state index contributed by atoms with van der Waals surface area (Å²) < 4.78 is 34.7. The summed E-state index contributed by atoms with van der Waals surface area (Å²) >= 11 is 0. The number of carbonyl (C=O) groups is 2. The Morgan fingerprint density at radius 1 is 1.11 bits per heavy atom. The van der Waals surface area contributed by atoms with Crippen molar-refractivity contribution in [1.82, 2.24) is 10.2 Å². The van der Waals surface area contributed by atoms with E-state index >= 15 is 0 Å². The molecular formula is C26H24F2N4O3. The lowest BCUT2D eigenvalue weighted by Crippen LogP contribution is -2.48. The Hall–Kier alpha value is -3.75. The number of hydrogen-bond acceptors (Lipinski definition) is 5. The average molecular weight is 478 g/mol. The van der Waals surface area contributed by atoms with Gasteiger partial charge < -0.3 is 19.5 Å². The first-order valence-corrected chi connectivity index (χ1v) is 11.8. The number of anilines is 1. The first-order valence-electron chi connectivity index (χ1n) is 11.8. The molecule has 180 valence electrons. The summed E-state index contributed by atoms with van der Waals surface area (Å²) in [5.74, 6) is -1.23. The third-order valence-electron chi connectivity index (χ3n) is 7.35. The van der Waals surface area contributed by atoms with Crippen LogP contribution in [0, 0.1) is 11.7 Å². The summed E-state index contributed by atoms with van der Waals surface area (Å²) in [5.41, 5.74) is 2.58. The molecule has 1 aliphatic carbocycles. The van der Waals surface area contributed by atoms with Gasteiger partial charge in [-0.25, -0.2) is 9.38 Å². The highest BCUT2D eigenvalue weighted by Gasteiger charge is 2.39. The van der Waals surface area contributed by atoms with Crippen LogP contribution in [0.25, 0.3) is 0 Å². The van der Waals surface area contributed by atoms with Gasteiger partial charge in [0.2, 0.25) is 11.9 Å². The summed E-state index contributed by atoms with van der Waals surface area (Å²) in [7, 11) is 0. The second-order valence-corrected chi connectivity index (χ2v) is 9.37. The normalized spacial score (nSPS) is 24.0. The largest absolute Gasteiger partial charge is 0.449 e. The molecule has 0 saturated carbocycles. The van der Waals surface area contributed by atoms with Crippen molar-refractivity contribution in [3.8, 4) is 0 Å². The number of furan rings is 1. The summed E-state index contributed by atoms with van der Waals surface area (Å²) in [4.78, 5) is 33.0. The van der Waals surface area contributed by atoms with E-state index in [-0.39, 0.29) is 34.8 Å². The van der Waals surface area contributed by atoms with Gasteiger partial charge in [-0.05, 0) is 48.1 Å². The molecule has 9 heteroatoms. The van der Waals surface area contributed by atoms with Crippen LogP contribution in [-0.2, 0) is 4.79 Å². The topological polar surface area (TPSA) is 78.2 Å². The van der Waals surface area contributed by atoms with Gasteiger partial charge in [0.05, 0.1) is 11.8 Å². The highest BCUT2D eigenvalue weighted by atomic mass is 19.1. The summed E-state index contributed by atoms with van der Waals surface area (Å²) in [5, 5.41) is 2.81.